The molecule has 1 amide bonds. The molecule has 0 atom stereocenters. The second-order valence-electron chi connectivity index (χ2n) is 5.66. The van der Waals surface area contributed by atoms with Gasteiger partial charge in [-0.1, -0.05) is 0 Å². The summed E-state index contributed by atoms with van der Waals surface area (Å²) in [6.45, 7) is 2.05. The summed E-state index contributed by atoms with van der Waals surface area (Å²) >= 11 is 0. The lowest BCUT2D eigenvalue weighted by Gasteiger charge is -2.06. The van der Waals surface area contributed by atoms with Crippen LogP contribution in [0.5, 0.6) is 0 Å². The van der Waals surface area contributed by atoms with Crippen LogP contribution < -0.4 is 5.32 Å². The third-order valence-electron chi connectivity index (χ3n) is 4.52. The van der Waals surface area contributed by atoms with Crippen LogP contribution in [-0.4, -0.2) is 15.7 Å². The lowest BCUT2D eigenvalue weighted by atomic mass is 10.1. The predicted molar refractivity (Wildman–Crippen MR) is 69.2 cm³/mol. The summed E-state index contributed by atoms with van der Waals surface area (Å²) in [4.78, 5) is 12.0. The molecular formula is C14H15N3O. The quantitative estimate of drug-likeness (QED) is 0.876. The molecule has 0 bridgehead atoms. The number of benzene rings is 1. The molecule has 2 fully saturated rings. The van der Waals surface area contributed by atoms with Gasteiger partial charge in [0.2, 0.25) is 5.91 Å². The topological polar surface area (TPSA) is 46.9 Å². The Morgan fingerprint density at radius 3 is 2.89 bits per heavy atom. The Morgan fingerprint density at radius 2 is 2.22 bits per heavy atom. The van der Waals surface area contributed by atoms with Crippen molar-refractivity contribution in [2.45, 2.75) is 19.8 Å². The van der Waals surface area contributed by atoms with E-state index in [0.29, 0.717) is 5.92 Å². The minimum Gasteiger partial charge on any atom is -0.326 e. The van der Waals surface area contributed by atoms with Gasteiger partial charge >= 0.3 is 0 Å². The fourth-order valence-electron chi connectivity index (χ4n) is 2.74. The average Bonchev–Trinajstić information content (AvgIpc) is 3.14. The Balaban J connectivity index is 1.66. The Labute approximate surface area is 105 Å². The zero-order valence-corrected chi connectivity index (χ0v) is 10.5. The van der Waals surface area contributed by atoms with Crippen molar-refractivity contribution in [3.8, 4) is 0 Å². The highest BCUT2D eigenvalue weighted by molar-refractivity contribution is 6.01. The zero-order chi connectivity index (χ0) is 12.5. The van der Waals surface area contributed by atoms with Crippen molar-refractivity contribution >= 4 is 22.5 Å². The molecule has 4 nitrogen and oxygen atoms in total. The van der Waals surface area contributed by atoms with E-state index in [1.165, 1.54) is 0 Å². The van der Waals surface area contributed by atoms with Gasteiger partial charge in [0.25, 0.3) is 0 Å². The normalized spacial score (nSPS) is 28.0. The molecule has 0 unspecified atom stereocenters. The SMILES string of the molecule is Cc1c2ccc(NC(=O)C34CC3C4)cc2nn1C. The number of carbonyl (C=O) groups is 1. The lowest BCUT2D eigenvalue weighted by Crippen LogP contribution is -2.17. The van der Waals surface area contributed by atoms with Crippen LogP contribution >= 0.6 is 0 Å². The summed E-state index contributed by atoms with van der Waals surface area (Å²) in [6.07, 6.45) is 2.17. The summed E-state index contributed by atoms with van der Waals surface area (Å²) in [5.74, 6) is 0.873. The molecule has 4 rings (SSSR count). The van der Waals surface area contributed by atoms with Gasteiger partial charge in [0.05, 0.1) is 10.9 Å². The van der Waals surface area contributed by atoms with Gasteiger partial charge in [-0.2, -0.15) is 5.10 Å². The van der Waals surface area contributed by atoms with E-state index in [1.807, 2.05) is 36.9 Å². The molecule has 0 saturated heterocycles. The minimum absolute atomic E-state index is 0.0228. The summed E-state index contributed by atoms with van der Waals surface area (Å²) in [6, 6.07) is 5.95. The molecule has 2 aliphatic rings. The van der Waals surface area contributed by atoms with Crippen molar-refractivity contribution in [3.05, 3.63) is 23.9 Å². The molecule has 0 aliphatic heterocycles. The van der Waals surface area contributed by atoms with E-state index in [2.05, 4.69) is 10.4 Å². The largest absolute Gasteiger partial charge is 0.326 e. The third kappa shape index (κ3) is 1.20. The van der Waals surface area contributed by atoms with Crippen molar-refractivity contribution in [2.24, 2.45) is 18.4 Å². The highest BCUT2D eigenvalue weighted by atomic mass is 16.2. The second-order valence-corrected chi connectivity index (χ2v) is 5.66. The summed E-state index contributed by atoms with van der Waals surface area (Å²) in [7, 11) is 1.94. The minimum atomic E-state index is 0.0228. The van der Waals surface area contributed by atoms with E-state index < -0.39 is 0 Å². The molecule has 2 saturated carbocycles. The van der Waals surface area contributed by atoms with E-state index in [9.17, 15) is 4.79 Å². The van der Waals surface area contributed by atoms with Crippen molar-refractivity contribution in [3.63, 3.8) is 0 Å². The number of carbonyl (C=O) groups excluding carboxylic acids is 1. The van der Waals surface area contributed by atoms with Crippen molar-refractivity contribution < 1.29 is 4.79 Å². The van der Waals surface area contributed by atoms with Gasteiger partial charge in [0.1, 0.15) is 0 Å². The van der Waals surface area contributed by atoms with Crippen LogP contribution in [0.3, 0.4) is 0 Å². The van der Waals surface area contributed by atoms with Gasteiger partial charge in [-0.05, 0) is 43.9 Å². The average molecular weight is 241 g/mol. The molecule has 1 heterocycles. The van der Waals surface area contributed by atoms with Crippen LogP contribution in [0.25, 0.3) is 10.9 Å². The number of rotatable bonds is 2. The van der Waals surface area contributed by atoms with E-state index in [1.54, 1.807) is 0 Å². The number of hydrogen-bond acceptors (Lipinski definition) is 2. The molecule has 2 aromatic rings. The van der Waals surface area contributed by atoms with Gasteiger partial charge < -0.3 is 5.32 Å². The molecular weight excluding hydrogens is 226 g/mol. The predicted octanol–water partition coefficient (Wildman–Crippen LogP) is 2.23. The van der Waals surface area contributed by atoms with Crippen LogP contribution in [0.4, 0.5) is 5.69 Å². The number of aromatic nitrogens is 2. The number of nitrogens with zero attached hydrogens (tertiary/aromatic N) is 2. The monoisotopic (exact) mass is 241 g/mol. The smallest absolute Gasteiger partial charge is 0.230 e. The first-order valence-corrected chi connectivity index (χ1v) is 6.35. The van der Waals surface area contributed by atoms with E-state index in [4.69, 9.17) is 0 Å². The molecule has 1 aromatic heterocycles. The number of amides is 1. The summed E-state index contributed by atoms with van der Waals surface area (Å²) in [5.41, 5.74) is 2.96. The second kappa shape index (κ2) is 2.94. The van der Waals surface area contributed by atoms with Gasteiger partial charge in [-0.3, -0.25) is 9.48 Å². The highest BCUT2D eigenvalue weighted by Crippen LogP contribution is 2.75. The Bertz CT molecular complexity index is 680. The number of hydrogen-bond donors (Lipinski definition) is 1. The summed E-state index contributed by atoms with van der Waals surface area (Å²) in [5, 5.41) is 8.60. The van der Waals surface area contributed by atoms with Crippen molar-refractivity contribution in [2.75, 3.05) is 5.32 Å². The van der Waals surface area contributed by atoms with Crippen LogP contribution in [-0.2, 0) is 11.8 Å². The van der Waals surface area contributed by atoms with E-state index >= 15 is 0 Å². The maximum absolute atomic E-state index is 12.0. The molecule has 1 aromatic carbocycles. The fourth-order valence-corrected chi connectivity index (χ4v) is 2.74. The highest BCUT2D eigenvalue weighted by Gasteiger charge is 2.74. The molecule has 18 heavy (non-hydrogen) atoms. The Morgan fingerprint density at radius 1 is 1.50 bits per heavy atom. The summed E-state index contributed by atoms with van der Waals surface area (Å²) < 4.78 is 1.87. The van der Waals surface area contributed by atoms with Crippen LogP contribution in [0.2, 0.25) is 0 Å². The first-order valence-electron chi connectivity index (χ1n) is 6.35. The van der Waals surface area contributed by atoms with Gasteiger partial charge in [0, 0.05) is 23.8 Å². The number of fused-ring (bicyclic) bond motifs is 2. The van der Waals surface area contributed by atoms with Crippen LogP contribution in [0, 0.1) is 18.3 Å². The van der Waals surface area contributed by atoms with Gasteiger partial charge in [-0.25, -0.2) is 0 Å². The Kier molecular flexibility index (Phi) is 1.65. The molecule has 2 aliphatic carbocycles. The van der Waals surface area contributed by atoms with Crippen molar-refractivity contribution in [1.29, 1.82) is 0 Å². The van der Waals surface area contributed by atoms with Crippen LogP contribution in [0.1, 0.15) is 18.5 Å². The maximum atomic E-state index is 12.0. The maximum Gasteiger partial charge on any atom is 0.230 e. The van der Waals surface area contributed by atoms with Crippen LogP contribution in [0.15, 0.2) is 18.2 Å². The number of anilines is 1. The molecule has 1 N–H and O–H groups in total. The molecule has 92 valence electrons. The van der Waals surface area contributed by atoms with E-state index in [-0.39, 0.29) is 11.3 Å². The van der Waals surface area contributed by atoms with E-state index in [0.717, 1.165) is 35.1 Å². The first-order chi connectivity index (χ1) is 8.60. The standard InChI is InChI=1S/C14H15N3O/c1-8-11-4-3-10(5-12(11)16-17(8)2)15-13(18)14-6-9(14)7-14/h3-5,9H,6-7H2,1-2H3,(H,15,18). The molecule has 4 heteroatoms. The zero-order valence-electron chi connectivity index (χ0n) is 10.5. The number of nitrogens with one attached hydrogen (secondary N) is 1. The number of aryl methyl sites for hydroxylation is 2. The third-order valence-corrected chi connectivity index (χ3v) is 4.52. The first kappa shape index (κ1) is 10.1. The van der Waals surface area contributed by atoms with Gasteiger partial charge in [-0.15, -0.1) is 0 Å². The van der Waals surface area contributed by atoms with Gasteiger partial charge in [0.15, 0.2) is 0 Å². The molecule has 0 radical (unpaired) electrons. The Hall–Kier alpha value is -1.84. The fraction of sp³-hybridized carbons (Fsp3) is 0.429. The lowest BCUT2D eigenvalue weighted by molar-refractivity contribution is -0.119. The van der Waals surface area contributed by atoms with Crippen molar-refractivity contribution in [1.82, 2.24) is 9.78 Å². The molecule has 0 spiro atoms.